The molecule has 3 heterocycles. The Kier molecular flexibility index (Phi) is 7.02. The second-order valence-electron chi connectivity index (χ2n) is 8.53. The maximum Gasteiger partial charge on any atom is 0.134 e. The molecule has 0 bridgehead atoms. The van der Waals surface area contributed by atoms with Gasteiger partial charge in [0.25, 0.3) is 0 Å². The molecule has 7 nitrogen and oxygen atoms in total. The van der Waals surface area contributed by atoms with Crippen molar-refractivity contribution in [2.75, 3.05) is 54.5 Å². The van der Waals surface area contributed by atoms with Crippen LogP contribution in [-0.4, -0.2) is 59.6 Å². The van der Waals surface area contributed by atoms with E-state index in [1.54, 1.807) is 6.33 Å². The van der Waals surface area contributed by atoms with E-state index in [0.29, 0.717) is 25.0 Å². The van der Waals surface area contributed by atoms with Crippen molar-refractivity contribution in [2.45, 2.75) is 32.2 Å². The van der Waals surface area contributed by atoms with Crippen LogP contribution in [0, 0.1) is 11.8 Å². The van der Waals surface area contributed by atoms with Gasteiger partial charge < -0.3 is 25.3 Å². The van der Waals surface area contributed by atoms with E-state index in [1.807, 2.05) is 6.07 Å². The van der Waals surface area contributed by atoms with Gasteiger partial charge in [-0.15, -0.1) is 0 Å². The van der Waals surface area contributed by atoms with Gasteiger partial charge >= 0.3 is 0 Å². The Balaban J connectivity index is 1.31. The zero-order valence-corrected chi connectivity index (χ0v) is 17.6. The zero-order chi connectivity index (χ0) is 20.8. The lowest BCUT2D eigenvalue weighted by Gasteiger charge is -2.33. The predicted molar refractivity (Wildman–Crippen MR) is 120 cm³/mol. The summed E-state index contributed by atoms with van der Waals surface area (Å²) in [5.74, 6) is 2.54. The fourth-order valence-corrected chi connectivity index (χ4v) is 4.43. The Morgan fingerprint density at radius 2 is 1.67 bits per heavy atom. The normalized spacial score (nSPS) is 20.4. The van der Waals surface area contributed by atoms with E-state index in [2.05, 4.69) is 49.4 Å². The van der Waals surface area contributed by atoms with Gasteiger partial charge in [-0.3, -0.25) is 0 Å². The smallest absolute Gasteiger partial charge is 0.134 e. The fourth-order valence-electron chi connectivity index (χ4n) is 4.43. The third-order valence-corrected chi connectivity index (χ3v) is 6.40. The van der Waals surface area contributed by atoms with E-state index in [0.717, 1.165) is 63.5 Å². The molecule has 2 aliphatic heterocycles. The highest BCUT2D eigenvalue weighted by Gasteiger charge is 2.21. The lowest BCUT2D eigenvalue weighted by molar-refractivity contribution is 0.203. The maximum absolute atomic E-state index is 9.46. The summed E-state index contributed by atoms with van der Waals surface area (Å²) >= 11 is 0. The SMILES string of the molecule is OCC1CCN(c2ccc(CNc3cc(N4CCCC(CO)C4)ncn3)cc2)CC1. The highest BCUT2D eigenvalue weighted by atomic mass is 16.3. The maximum atomic E-state index is 9.46. The molecular weight excluding hydrogens is 378 g/mol. The molecule has 0 saturated carbocycles. The topological polar surface area (TPSA) is 84.8 Å². The Bertz CT molecular complexity index is 792. The van der Waals surface area contributed by atoms with Crippen molar-refractivity contribution in [1.82, 2.24) is 9.97 Å². The second-order valence-corrected chi connectivity index (χ2v) is 8.53. The van der Waals surface area contributed by atoms with E-state index in [9.17, 15) is 10.2 Å². The Morgan fingerprint density at radius 1 is 0.900 bits per heavy atom. The van der Waals surface area contributed by atoms with E-state index in [1.165, 1.54) is 11.3 Å². The van der Waals surface area contributed by atoms with Crippen molar-refractivity contribution >= 4 is 17.3 Å². The van der Waals surface area contributed by atoms with Crippen molar-refractivity contribution in [3.8, 4) is 0 Å². The van der Waals surface area contributed by atoms with E-state index < -0.39 is 0 Å². The summed E-state index contributed by atoms with van der Waals surface area (Å²) in [4.78, 5) is 13.4. The lowest BCUT2D eigenvalue weighted by atomic mass is 9.97. The first-order valence-corrected chi connectivity index (χ1v) is 11.1. The number of aliphatic hydroxyl groups is 2. The molecule has 4 rings (SSSR count). The average molecular weight is 412 g/mol. The van der Waals surface area contributed by atoms with Gasteiger partial charge in [0.2, 0.25) is 0 Å². The minimum Gasteiger partial charge on any atom is -0.396 e. The molecule has 2 saturated heterocycles. The highest BCUT2D eigenvalue weighted by Crippen LogP contribution is 2.24. The van der Waals surface area contributed by atoms with Gasteiger partial charge in [0.1, 0.15) is 18.0 Å². The molecule has 7 heteroatoms. The van der Waals surface area contributed by atoms with Gasteiger partial charge in [-0.1, -0.05) is 12.1 Å². The summed E-state index contributed by atoms with van der Waals surface area (Å²) in [6.45, 7) is 5.11. The molecular formula is C23H33N5O2. The Labute approximate surface area is 178 Å². The number of rotatable bonds is 7. The first-order chi connectivity index (χ1) is 14.7. The van der Waals surface area contributed by atoms with Crippen LogP contribution in [0.3, 0.4) is 0 Å². The number of aromatic nitrogens is 2. The molecule has 1 aromatic heterocycles. The Hall–Kier alpha value is -2.38. The first-order valence-electron chi connectivity index (χ1n) is 11.1. The van der Waals surface area contributed by atoms with Crippen LogP contribution in [-0.2, 0) is 6.54 Å². The average Bonchev–Trinajstić information content (AvgIpc) is 2.83. The predicted octanol–water partition coefficient (Wildman–Crippen LogP) is 2.51. The van der Waals surface area contributed by atoms with Crippen molar-refractivity contribution in [3.05, 3.63) is 42.2 Å². The van der Waals surface area contributed by atoms with Crippen LogP contribution in [0.4, 0.5) is 17.3 Å². The summed E-state index contributed by atoms with van der Waals surface area (Å²) in [6.07, 6.45) is 5.90. The molecule has 2 fully saturated rings. The molecule has 30 heavy (non-hydrogen) atoms. The minimum absolute atomic E-state index is 0.238. The number of anilines is 3. The van der Waals surface area contributed by atoms with Gasteiger partial charge in [0.15, 0.2) is 0 Å². The number of hydrogen-bond donors (Lipinski definition) is 3. The minimum atomic E-state index is 0.238. The molecule has 1 aromatic carbocycles. The summed E-state index contributed by atoms with van der Waals surface area (Å²) < 4.78 is 0. The van der Waals surface area contributed by atoms with Crippen LogP contribution in [0.1, 0.15) is 31.2 Å². The summed E-state index contributed by atoms with van der Waals surface area (Å²) in [7, 11) is 0. The summed E-state index contributed by atoms with van der Waals surface area (Å²) in [6, 6.07) is 10.7. The lowest BCUT2D eigenvalue weighted by Crippen LogP contribution is -2.37. The molecule has 0 amide bonds. The van der Waals surface area contributed by atoms with Crippen LogP contribution in [0.2, 0.25) is 0 Å². The number of nitrogens with one attached hydrogen (secondary N) is 1. The second kappa shape index (κ2) is 10.1. The highest BCUT2D eigenvalue weighted by molar-refractivity contribution is 5.51. The third-order valence-electron chi connectivity index (χ3n) is 6.40. The number of piperidine rings is 2. The molecule has 0 radical (unpaired) electrons. The third kappa shape index (κ3) is 5.21. The van der Waals surface area contributed by atoms with Crippen LogP contribution < -0.4 is 15.1 Å². The molecule has 2 aliphatic rings. The largest absolute Gasteiger partial charge is 0.396 e. The molecule has 2 aromatic rings. The van der Waals surface area contributed by atoms with Crippen LogP contribution in [0.25, 0.3) is 0 Å². The van der Waals surface area contributed by atoms with E-state index in [-0.39, 0.29) is 6.61 Å². The van der Waals surface area contributed by atoms with Crippen molar-refractivity contribution in [3.63, 3.8) is 0 Å². The molecule has 1 unspecified atom stereocenters. The summed E-state index contributed by atoms with van der Waals surface area (Å²) in [5.41, 5.74) is 2.46. The monoisotopic (exact) mass is 411 g/mol. The van der Waals surface area contributed by atoms with Gasteiger partial charge in [-0.2, -0.15) is 0 Å². The molecule has 0 aliphatic carbocycles. The Morgan fingerprint density at radius 3 is 2.40 bits per heavy atom. The van der Waals surface area contributed by atoms with Gasteiger partial charge in [-0.25, -0.2) is 9.97 Å². The molecule has 162 valence electrons. The number of nitrogens with zero attached hydrogens (tertiary/aromatic N) is 4. The van der Waals surface area contributed by atoms with Crippen LogP contribution in [0.15, 0.2) is 36.7 Å². The molecule has 3 N–H and O–H groups in total. The van der Waals surface area contributed by atoms with Gasteiger partial charge in [0.05, 0.1) is 0 Å². The van der Waals surface area contributed by atoms with E-state index in [4.69, 9.17) is 0 Å². The van der Waals surface area contributed by atoms with Crippen LogP contribution in [0.5, 0.6) is 0 Å². The first kappa shape index (κ1) is 20.9. The standard InChI is InChI=1S/C23H33N5O2/c29-15-19-7-10-27(11-8-19)21-5-3-18(4-6-21)13-24-22-12-23(26-17-25-22)28-9-1-2-20(14-28)16-30/h3-6,12,17,19-20,29-30H,1-2,7-11,13-16H2,(H,24,25,26). The van der Waals surface area contributed by atoms with Crippen molar-refractivity contribution < 1.29 is 10.2 Å². The van der Waals surface area contributed by atoms with Crippen molar-refractivity contribution in [2.24, 2.45) is 11.8 Å². The number of hydrogen-bond acceptors (Lipinski definition) is 7. The molecule has 0 spiro atoms. The fraction of sp³-hybridized carbons (Fsp3) is 0.565. The van der Waals surface area contributed by atoms with Gasteiger partial charge in [0, 0.05) is 57.7 Å². The van der Waals surface area contributed by atoms with Crippen molar-refractivity contribution in [1.29, 1.82) is 0 Å². The van der Waals surface area contributed by atoms with E-state index >= 15 is 0 Å². The van der Waals surface area contributed by atoms with Gasteiger partial charge in [-0.05, 0) is 55.2 Å². The summed E-state index contributed by atoms with van der Waals surface area (Å²) in [5, 5.41) is 22.2. The van der Waals surface area contributed by atoms with Crippen LogP contribution >= 0.6 is 0 Å². The molecule has 1 atom stereocenters. The quantitative estimate of drug-likeness (QED) is 0.645. The zero-order valence-electron chi connectivity index (χ0n) is 17.6. The number of aliphatic hydroxyl groups excluding tert-OH is 2. The number of benzene rings is 1.